The fraction of sp³-hybridized carbons (Fsp3) is 0.474. The molecule has 0 radical (unpaired) electrons. The topological polar surface area (TPSA) is 91.0 Å². The number of benzene rings is 1. The number of sulfonamides is 1. The van der Waals surface area contributed by atoms with E-state index in [0.717, 1.165) is 18.1 Å². The van der Waals surface area contributed by atoms with Gasteiger partial charge < -0.3 is 14.7 Å². The Kier molecular flexibility index (Phi) is 8.90. The minimum absolute atomic E-state index is 0. The molecular formula is C19H28IN5O3S. The zero-order chi connectivity index (χ0) is 20.0. The molecular weight excluding hydrogens is 505 g/mol. The van der Waals surface area contributed by atoms with E-state index >= 15 is 0 Å². The summed E-state index contributed by atoms with van der Waals surface area (Å²) in [6, 6.07) is 9.90. The van der Waals surface area contributed by atoms with Gasteiger partial charge in [0, 0.05) is 38.8 Å². The van der Waals surface area contributed by atoms with Crippen molar-refractivity contribution in [2.75, 3.05) is 32.7 Å². The highest BCUT2D eigenvalue weighted by Crippen LogP contribution is 2.13. The zero-order valence-corrected chi connectivity index (χ0v) is 19.9. The number of halogens is 1. The van der Waals surface area contributed by atoms with Gasteiger partial charge in [0.05, 0.1) is 12.2 Å². The summed E-state index contributed by atoms with van der Waals surface area (Å²) >= 11 is 0. The van der Waals surface area contributed by atoms with Crippen LogP contribution in [0.4, 0.5) is 0 Å². The van der Waals surface area contributed by atoms with Crippen molar-refractivity contribution in [3.05, 3.63) is 53.4 Å². The Labute approximate surface area is 189 Å². The summed E-state index contributed by atoms with van der Waals surface area (Å²) in [6.07, 6.45) is 1.38. The van der Waals surface area contributed by atoms with Gasteiger partial charge in [-0.05, 0) is 19.4 Å². The van der Waals surface area contributed by atoms with Crippen molar-refractivity contribution in [1.82, 2.24) is 19.7 Å². The molecule has 160 valence electrons. The van der Waals surface area contributed by atoms with Crippen LogP contribution in [-0.4, -0.2) is 61.5 Å². The van der Waals surface area contributed by atoms with Gasteiger partial charge in [0.2, 0.25) is 10.0 Å². The minimum atomic E-state index is -3.40. The Bertz CT molecular complexity index is 877. The number of nitrogens with one attached hydrogen (secondary N) is 1. The van der Waals surface area contributed by atoms with Crippen LogP contribution in [0.25, 0.3) is 0 Å². The van der Waals surface area contributed by atoms with Crippen molar-refractivity contribution in [2.24, 2.45) is 4.99 Å². The van der Waals surface area contributed by atoms with Gasteiger partial charge in [-0.1, -0.05) is 35.0 Å². The quantitative estimate of drug-likeness (QED) is 0.348. The van der Waals surface area contributed by atoms with Crippen LogP contribution < -0.4 is 5.32 Å². The molecule has 1 aliphatic rings. The van der Waals surface area contributed by atoms with Crippen molar-refractivity contribution in [3.8, 4) is 0 Å². The molecule has 1 aliphatic heterocycles. The van der Waals surface area contributed by atoms with Gasteiger partial charge in [-0.15, -0.1) is 24.0 Å². The van der Waals surface area contributed by atoms with E-state index in [2.05, 4.69) is 46.6 Å². The summed E-state index contributed by atoms with van der Waals surface area (Å²) in [5.41, 5.74) is 2.80. The first-order chi connectivity index (χ1) is 13.5. The lowest BCUT2D eigenvalue weighted by Gasteiger charge is -2.35. The van der Waals surface area contributed by atoms with Crippen LogP contribution in [0, 0.1) is 6.92 Å². The number of hydrogen-bond donors (Lipinski definition) is 1. The smallest absolute Gasteiger partial charge is 0.220 e. The predicted octanol–water partition coefficient (Wildman–Crippen LogP) is 2.21. The first-order valence-electron chi connectivity index (χ1n) is 9.44. The summed E-state index contributed by atoms with van der Waals surface area (Å²) in [4.78, 5) is 6.84. The molecule has 1 N–H and O–H groups in total. The third-order valence-corrected chi connectivity index (χ3v) is 6.43. The number of aliphatic imine (C=N–C) groups is 1. The minimum Gasteiger partial charge on any atom is -0.364 e. The highest BCUT2D eigenvalue weighted by atomic mass is 127. The van der Waals surface area contributed by atoms with Crippen molar-refractivity contribution < 1.29 is 12.9 Å². The molecule has 1 aromatic carbocycles. The number of aromatic nitrogens is 1. The van der Waals surface area contributed by atoms with Gasteiger partial charge in [0.15, 0.2) is 5.96 Å². The van der Waals surface area contributed by atoms with Crippen LogP contribution in [0.1, 0.15) is 23.7 Å². The van der Waals surface area contributed by atoms with E-state index < -0.39 is 10.0 Å². The first kappa shape index (κ1) is 23.6. The lowest BCUT2D eigenvalue weighted by molar-refractivity contribution is 0.259. The summed E-state index contributed by atoms with van der Waals surface area (Å²) in [7, 11) is -3.40. The van der Waals surface area contributed by atoms with Gasteiger partial charge in [0.25, 0.3) is 0 Å². The maximum absolute atomic E-state index is 12.6. The molecule has 0 bridgehead atoms. The molecule has 2 aromatic rings. The number of aryl methyl sites for hydroxylation is 1. The molecule has 8 nitrogen and oxygen atoms in total. The number of piperazine rings is 1. The third-order valence-electron chi connectivity index (χ3n) is 4.62. The third kappa shape index (κ3) is 6.68. The molecule has 0 atom stereocenters. The predicted molar refractivity (Wildman–Crippen MR) is 124 cm³/mol. The van der Waals surface area contributed by atoms with E-state index in [1.54, 1.807) is 6.07 Å². The molecule has 1 fully saturated rings. The van der Waals surface area contributed by atoms with Crippen LogP contribution in [0.3, 0.4) is 0 Å². The second-order valence-corrected chi connectivity index (χ2v) is 8.76. The number of rotatable bonds is 6. The number of nitrogens with zero attached hydrogens (tertiary/aromatic N) is 4. The van der Waals surface area contributed by atoms with E-state index in [1.165, 1.54) is 16.1 Å². The second kappa shape index (κ2) is 10.9. The summed E-state index contributed by atoms with van der Waals surface area (Å²) in [6.45, 7) is 7.48. The second-order valence-electron chi connectivity index (χ2n) is 6.79. The van der Waals surface area contributed by atoms with Gasteiger partial charge in [-0.25, -0.2) is 13.4 Å². The summed E-state index contributed by atoms with van der Waals surface area (Å²) < 4.78 is 31.4. The lowest BCUT2D eigenvalue weighted by Crippen LogP contribution is -2.53. The molecule has 3 rings (SSSR count). The van der Waals surface area contributed by atoms with Gasteiger partial charge in [-0.2, -0.15) is 4.31 Å². The van der Waals surface area contributed by atoms with E-state index in [-0.39, 0.29) is 29.7 Å². The van der Waals surface area contributed by atoms with Crippen LogP contribution in [-0.2, 0) is 22.3 Å². The molecule has 1 aromatic heterocycles. The molecule has 29 heavy (non-hydrogen) atoms. The Morgan fingerprint density at radius 3 is 2.45 bits per heavy atom. The monoisotopic (exact) mass is 533 g/mol. The van der Waals surface area contributed by atoms with Crippen LogP contribution in [0.5, 0.6) is 0 Å². The SMILES string of the molecule is CCNC(=NCc1ccc(C)cc1)N1CCN(S(=O)(=O)Cc2ccon2)CC1.I. The average Bonchev–Trinajstić information content (AvgIpc) is 3.19. The first-order valence-corrected chi connectivity index (χ1v) is 11.0. The fourth-order valence-electron chi connectivity index (χ4n) is 3.05. The summed E-state index contributed by atoms with van der Waals surface area (Å²) in [5.74, 6) is 0.682. The zero-order valence-electron chi connectivity index (χ0n) is 16.7. The maximum atomic E-state index is 12.6. The Morgan fingerprint density at radius 2 is 1.86 bits per heavy atom. The molecule has 0 unspecified atom stereocenters. The van der Waals surface area contributed by atoms with Crippen LogP contribution >= 0.6 is 24.0 Å². The van der Waals surface area contributed by atoms with Gasteiger partial charge in [0.1, 0.15) is 12.0 Å². The number of hydrogen-bond acceptors (Lipinski definition) is 5. The molecule has 0 spiro atoms. The standard InChI is InChI=1S/C19H27N5O3S.HI/c1-3-20-19(21-14-17-6-4-16(2)5-7-17)23-9-11-24(12-10-23)28(25,26)15-18-8-13-27-22-18;/h4-8,13H,3,9-12,14-15H2,1-2H3,(H,20,21);1H. The molecule has 0 saturated carbocycles. The maximum Gasteiger partial charge on any atom is 0.220 e. The van der Waals surface area contributed by atoms with E-state index in [9.17, 15) is 8.42 Å². The molecule has 10 heteroatoms. The van der Waals surface area contributed by atoms with Gasteiger partial charge >= 0.3 is 0 Å². The largest absolute Gasteiger partial charge is 0.364 e. The fourth-order valence-corrected chi connectivity index (χ4v) is 4.48. The van der Waals surface area contributed by atoms with E-state index in [1.807, 2.05) is 6.92 Å². The molecule has 0 aliphatic carbocycles. The van der Waals surface area contributed by atoms with E-state index in [4.69, 9.17) is 9.52 Å². The Balaban J connectivity index is 0.00000300. The van der Waals surface area contributed by atoms with Crippen LogP contribution in [0.2, 0.25) is 0 Å². The highest BCUT2D eigenvalue weighted by molar-refractivity contribution is 14.0. The van der Waals surface area contributed by atoms with Crippen molar-refractivity contribution in [3.63, 3.8) is 0 Å². The summed E-state index contributed by atoms with van der Waals surface area (Å²) in [5, 5.41) is 7.01. The van der Waals surface area contributed by atoms with Gasteiger partial charge in [-0.3, -0.25) is 0 Å². The highest BCUT2D eigenvalue weighted by Gasteiger charge is 2.28. The average molecular weight is 533 g/mol. The normalized spacial score (nSPS) is 15.8. The van der Waals surface area contributed by atoms with Crippen molar-refractivity contribution in [1.29, 1.82) is 0 Å². The Hall–Kier alpha value is -1.66. The number of guanidine groups is 1. The Morgan fingerprint density at radius 1 is 1.17 bits per heavy atom. The molecule has 1 saturated heterocycles. The molecule has 0 amide bonds. The lowest BCUT2D eigenvalue weighted by atomic mass is 10.1. The van der Waals surface area contributed by atoms with Crippen molar-refractivity contribution in [2.45, 2.75) is 26.1 Å². The van der Waals surface area contributed by atoms with Crippen LogP contribution in [0.15, 0.2) is 46.1 Å². The van der Waals surface area contributed by atoms with E-state index in [0.29, 0.717) is 38.4 Å². The molecule has 2 heterocycles. The van der Waals surface area contributed by atoms with Crippen molar-refractivity contribution >= 4 is 40.0 Å².